The molecule has 0 spiro atoms. The summed E-state index contributed by atoms with van der Waals surface area (Å²) < 4.78 is 5.82. The van der Waals surface area contributed by atoms with E-state index in [1.807, 2.05) is 0 Å². The first-order valence-corrected chi connectivity index (χ1v) is 6.46. The number of ether oxygens (including phenoxy) is 1. The molecule has 2 rings (SSSR count). The van der Waals surface area contributed by atoms with Crippen molar-refractivity contribution in [3.05, 3.63) is 29.3 Å². The molecular weight excluding hydrogens is 268 g/mol. The summed E-state index contributed by atoms with van der Waals surface area (Å²) in [7, 11) is 1.72. The van der Waals surface area contributed by atoms with Gasteiger partial charge in [0.1, 0.15) is 23.8 Å². The van der Waals surface area contributed by atoms with Gasteiger partial charge in [-0.2, -0.15) is 15.5 Å². The van der Waals surface area contributed by atoms with Crippen LogP contribution in [0.3, 0.4) is 0 Å². The molecule has 1 heterocycles. The van der Waals surface area contributed by atoms with Crippen molar-refractivity contribution >= 4 is 6.34 Å². The van der Waals surface area contributed by atoms with Gasteiger partial charge < -0.3 is 14.7 Å². The molecule has 1 aliphatic heterocycles. The van der Waals surface area contributed by atoms with Crippen LogP contribution in [0.25, 0.3) is 0 Å². The van der Waals surface area contributed by atoms with Gasteiger partial charge in [0.25, 0.3) is 0 Å². The molecule has 6 nitrogen and oxygen atoms in total. The van der Waals surface area contributed by atoms with Crippen molar-refractivity contribution in [1.82, 2.24) is 4.90 Å². The number of fused-ring (bicyclic) bond motifs is 1. The Labute approximate surface area is 123 Å². The zero-order valence-corrected chi connectivity index (χ0v) is 12.1. The van der Waals surface area contributed by atoms with Crippen LogP contribution in [0.5, 0.6) is 5.75 Å². The molecule has 0 saturated heterocycles. The van der Waals surface area contributed by atoms with Crippen LogP contribution in [0, 0.1) is 22.8 Å². The average Bonchev–Trinajstić information content (AvgIpc) is 2.45. The maximum atomic E-state index is 10.6. The predicted octanol–water partition coefficient (Wildman–Crippen LogP) is 1.57. The van der Waals surface area contributed by atoms with Gasteiger partial charge in [0.05, 0.1) is 17.7 Å². The first kappa shape index (κ1) is 14.8. The second-order valence-electron chi connectivity index (χ2n) is 5.47. The van der Waals surface area contributed by atoms with Crippen LogP contribution in [0.2, 0.25) is 0 Å². The molecule has 0 unspecified atom stereocenters. The van der Waals surface area contributed by atoms with Crippen molar-refractivity contribution in [3.63, 3.8) is 0 Å². The standard InChI is InChI=1S/C15H16N4O2/c1-15(2)14(20)13(19(3)9-18-8-17)11-6-10(7-16)4-5-12(11)21-15/h4-6,9,13-14,20H,1-3H3/t13-,14+/m0/s1. The van der Waals surface area contributed by atoms with Crippen molar-refractivity contribution in [2.24, 2.45) is 4.99 Å². The lowest BCUT2D eigenvalue weighted by Crippen LogP contribution is -2.52. The van der Waals surface area contributed by atoms with Crippen molar-refractivity contribution in [2.45, 2.75) is 31.6 Å². The molecule has 6 heteroatoms. The molecule has 0 aliphatic carbocycles. The highest BCUT2D eigenvalue weighted by atomic mass is 16.5. The quantitative estimate of drug-likeness (QED) is 0.505. The van der Waals surface area contributed by atoms with Crippen LogP contribution >= 0.6 is 0 Å². The topological polar surface area (TPSA) is 92.6 Å². The number of nitrogens with zero attached hydrogens (tertiary/aromatic N) is 4. The minimum atomic E-state index is -0.839. The third-order valence-corrected chi connectivity index (χ3v) is 3.58. The number of aliphatic hydroxyl groups is 1. The molecule has 0 saturated carbocycles. The van der Waals surface area contributed by atoms with Crippen LogP contribution < -0.4 is 4.74 Å². The Morgan fingerprint density at radius 1 is 1.43 bits per heavy atom. The highest BCUT2D eigenvalue weighted by molar-refractivity contribution is 5.59. The Balaban J connectivity index is 2.54. The van der Waals surface area contributed by atoms with Gasteiger partial charge in [-0.05, 0) is 32.0 Å². The van der Waals surface area contributed by atoms with Crippen LogP contribution in [0.1, 0.15) is 31.0 Å². The number of nitriles is 2. The summed E-state index contributed by atoms with van der Waals surface area (Å²) in [6.07, 6.45) is 2.20. The third-order valence-electron chi connectivity index (χ3n) is 3.58. The molecular formula is C15H16N4O2. The molecule has 1 aromatic rings. The van der Waals surface area contributed by atoms with E-state index in [4.69, 9.17) is 15.3 Å². The van der Waals surface area contributed by atoms with Gasteiger partial charge in [0, 0.05) is 12.6 Å². The smallest absolute Gasteiger partial charge is 0.207 e. The van der Waals surface area contributed by atoms with Crippen molar-refractivity contribution in [2.75, 3.05) is 7.05 Å². The van der Waals surface area contributed by atoms with Crippen LogP contribution in [0.4, 0.5) is 0 Å². The summed E-state index contributed by atoms with van der Waals surface area (Å²) in [5.74, 6) is 0.617. The van der Waals surface area contributed by atoms with E-state index in [1.54, 1.807) is 50.2 Å². The van der Waals surface area contributed by atoms with Crippen molar-refractivity contribution in [1.29, 1.82) is 10.5 Å². The maximum Gasteiger partial charge on any atom is 0.207 e. The van der Waals surface area contributed by atoms with Gasteiger partial charge in [0.2, 0.25) is 6.19 Å². The summed E-state index contributed by atoms with van der Waals surface area (Å²) in [4.78, 5) is 5.19. The molecule has 0 aromatic heterocycles. The molecule has 0 radical (unpaired) electrons. The Morgan fingerprint density at radius 3 is 2.76 bits per heavy atom. The van der Waals surface area contributed by atoms with E-state index >= 15 is 0 Å². The lowest BCUT2D eigenvalue weighted by atomic mass is 9.85. The highest BCUT2D eigenvalue weighted by Crippen LogP contribution is 2.42. The van der Waals surface area contributed by atoms with Gasteiger partial charge in [-0.3, -0.25) is 0 Å². The van der Waals surface area contributed by atoms with E-state index in [0.29, 0.717) is 16.9 Å². The number of aliphatic imine (C=N–C) groups is 1. The molecule has 0 fully saturated rings. The van der Waals surface area contributed by atoms with Gasteiger partial charge in [0.15, 0.2) is 0 Å². The number of hydrogen-bond donors (Lipinski definition) is 1. The summed E-state index contributed by atoms with van der Waals surface area (Å²) in [6, 6.07) is 6.71. The van der Waals surface area contributed by atoms with Crippen molar-refractivity contribution < 1.29 is 9.84 Å². The van der Waals surface area contributed by atoms with Crippen molar-refractivity contribution in [3.8, 4) is 18.0 Å². The van der Waals surface area contributed by atoms with E-state index in [2.05, 4.69) is 11.1 Å². The second kappa shape index (κ2) is 5.43. The van der Waals surface area contributed by atoms with Gasteiger partial charge in [-0.25, -0.2) is 0 Å². The van der Waals surface area contributed by atoms with E-state index in [9.17, 15) is 5.11 Å². The normalized spacial score (nSPS) is 22.8. The molecule has 108 valence electrons. The largest absolute Gasteiger partial charge is 0.485 e. The van der Waals surface area contributed by atoms with Crippen LogP contribution in [-0.2, 0) is 0 Å². The SMILES string of the molecule is CN(C=NC#N)[C@H]1c2cc(C#N)ccc2OC(C)(C)[C@@H]1O. The average molecular weight is 284 g/mol. The second-order valence-corrected chi connectivity index (χ2v) is 5.47. The fourth-order valence-electron chi connectivity index (χ4n) is 2.47. The van der Waals surface area contributed by atoms with Gasteiger partial charge >= 0.3 is 0 Å². The Kier molecular flexibility index (Phi) is 3.84. The van der Waals surface area contributed by atoms with E-state index < -0.39 is 17.7 Å². The molecule has 2 atom stereocenters. The van der Waals surface area contributed by atoms with Gasteiger partial charge in [-0.15, -0.1) is 0 Å². The zero-order chi connectivity index (χ0) is 15.6. The lowest BCUT2D eigenvalue weighted by Gasteiger charge is -2.44. The fourth-order valence-corrected chi connectivity index (χ4v) is 2.47. The summed E-state index contributed by atoms with van der Waals surface area (Å²) >= 11 is 0. The Hall–Kier alpha value is -2.57. The van der Waals surface area contributed by atoms with Gasteiger partial charge in [-0.1, -0.05) is 0 Å². The molecule has 0 amide bonds. The Morgan fingerprint density at radius 2 is 2.14 bits per heavy atom. The van der Waals surface area contributed by atoms with Crippen LogP contribution in [0.15, 0.2) is 23.2 Å². The number of aliphatic hydroxyl groups excluding tert-OH is 1. The Bertz CT molecular complexity index is 655. The number of hydrogen-bond acceptors (Lipinski definition) is 5. The molecule has 0 bridgehead atoms. The molecule has 21 heavy (non-hydrogen) atoms. The summed E-state index contributed by atoms with van der Waals surface area (Å²) in [6.45, 7) is 3.59. The lowest BCUT2D eigenvalue weighted by molar-refractivity contribution is -0.0777. The molecule has 1 aliphatic rings. The summed E-state index contributed by atoms with van der Waals surface area (Å²) in [5, 5.41) is 28.2. The number of likely N-dealkylation sites (N-methyl/N-ethyl adjacent to an activating group) is 1. The number of benzene rings is 1. The van der Waals surface area contributed by atoms with E-state index in [-0.39, 0.29) is 0 Å². The first-order chi connectivity index (χ1) is 9.90. The first-order valence-electron chi connectivity index (χ1n) is 6.46. The minimum absolute atomic E-state index is 0.450. The highest BCUT2D eigenvalue weighted by Gasteiger charge is 2.44. The van der Waals surface area contributed by atoms with E-state index in [0.717, 1.165) is 0 Å². The monoisotopic (exact) mass is 284 g/mol. The fraction of sp³-hybridized carbons (Fsp3) is 0.400. The maximum absolute atomic E-state index is 10.6. The molecule has 1 aromatic carbocycles. The number of rotatable bonds is 2. The van der Waals surface area contributed by atoms with Crippen LogP contribution in [-0.4, -0.2) is 35.1 Å². The summed E-state index contributed by atoms with van der Waals surface area (Å²) in [5.41, 5.74) is 0.397. The zero-order valence-electron chi connectivity index (χ0n) is 12.1. The predicted molar refractivity (Wildman–Crippen MR) is 76.5 cm³/mol. The minimum Gasteiger partial charge on any atom is -0.485 e. The van der Waals surface area contributed by atoms with E-state index in [1.165, 1.54) is 6.34 Å². The third kappa shape index (κ3) is 2.67. The molecule has 1 N–H and O–H groups in total.